The van der Waals surface area contributed by atoms with Crippen LogP contribution in [0, 0.1) is 24.6 Å². The molecule has 1 aliphatic rings. The number of nitrogens with zero attached hydrogens (tertiary/aromatic N) is 2. The van der Waals surface area contributed by atoms with Gasteiger partial charge in [-0.25, -0.2) is 9.37 Å². The molecule has 0 spiro atoms. The molecule has 1 saturated carbocycles. The Morgan fingerprint density at radius 2 is 2.10 bits per heavy atom. The van der Waals surface area contributed by atoms with Crippen LogP contribution in [0.1, 0.15) is 30.9 Å². The van der Waals surface area contributed by atoms with Crippen molar-refractivity contribution in [3.05, 3.63) is 82.2 Å². The monoisotopic (exact) mass is 438 g/mol. The summed E-state index contributed by atoms with van der Waals surface area (Å²) in [6.45, 7) is 4.97. The van der Waals surface area contributed by atoms with Crippen molar-refractivity contribution >= 4 is 11.8 Å². The van der Waals surface area contributed by atoms with Crippen molar-refractivity contribution in [2.75, 3.05) is 12.4 Å². The molecule has 0 N–H and O–H groups in total. The molecule has 162 valence electrons. The third-order valence-corrected chi connectivity index (χ3v) is 6.65. The highest BCUT2D eigenvalue weighted by Crippen LogP contribution is 2.37. The first kappa shape index (κ1) is 21.6. The molecule has 0 amide bonds. The highest BCUT2D eigenvalue weighted by molar-refractivity contribution is 7.99. The summed E-state index contributed by atoms with van der Waals surface area (Å²) in [5.41, 5.74) is 2.55. The highest BCUT2D eigenvalue weighted by Gasteiger charge is 2.28. The van der Waals surface area contributed by atoms with E-state index in [2.05, 4.69) is 11.9 Å². The molecule has 0 radical (unpaired) electrons. The third kappa shape index (κ3) is 5.56. The van der Waals surface area contributed by atoms with Crippen LogP contribution in [0.2, 0.25) is 0 Å². The van der Waals surface area contributed by atoms with Crippen LogP contribution in [0.3, 0.4) is 0 Å². The quantitative estimate of drug-likeness (QED) is 0.417. The van der Waals surface area contributed by atoms with E-state index in [1.54, 1.807) is 23.0 Å². The second kappa shape index (κ2) is 9.69. The van der Waals surface area contributed by atoms with Crippen LogP contribution >= 0.6 is 11.8 Å². The summed E-state index contributed by atoms with van der Waals surface area (Å²) in [5.74, 6) is 2.66. The zero-order chi connectivity index (χ0) is 21.8. The van der Waals surface area contributed by atoms with Gasteiger partial charge in [0.25, 0.3) is 5.56 Å². The van der Waals surface area contributed by atoms with E-state index in [1.807, 2.05) is 31.2 Å². The predicted molar refractivity (Wildman–Crippen MR) is 123 cm³/mol. The van der Waals surface area contributed by atoms with Crippen molar-refractivity contribution in [3.63, 3.8) is 0 Å². The second-order valence-corrected chi connectivity index (χ2v) is 9.30. The van der Waals surface area contributed by atoms with Crippen molar-refractivity contribution in [1.82, 2.24) is 9.55 Å². The summed E-state index contributed by atoms with van der Waals surface area (Å²) in [6, 6.07) is 12.4. The smallest absolute Gasteiger partial charge is 0.287 e. The zero-order valence-electron chi connectivity index (χ0n) is 17.9. The van der Waals surface area contributed by atoms with Gasteiger partial charge < -0.3 is 4.74 Å². The fraction of sp³-hybridized carbons (Fsp3) is 0.360. The van der Waals surface area contributed by atoms with E-state index >= 15 is 0 Å². The summed E-state index contributed by atoms with van der Waals surface area (Å²) in [6.07, 6.45) is 6.63. The Kier molecular flexibility index (Phi) is 6.76. The van der Waals surface area contributed by atoms with Crippen LogP contribution in [0.5, 0.6) is 5.75 Å². The molecule has 2 aromatic carbocycles. The average molecular weight is 439 g/mol. The number of thioether (sulfide) groups is 1. The normalized spacial score (nSPS) is 14.4. The molecule has 1 fully saturated rings. The summed E-state index contributed by atoms with van der Waals surface area (Å²) in [7, 11) is 0. The first-order valence-corrected chi connectivity index (χ1v) is 11.7. The van der Waals surface area contributed by atoms with E-state index in [0.29, 0.717) is 23.1 Å². The number of benzene rings is 2. The van der Waals surface area contributed by atoms with Gasteiger partial charge in [0.1, 0.15) is 11.6 Å². The Hall–Kier alpha value is -2.60. The maximum Gasteiger partial charge on any atom is 0.287 e. The molecule has 1 heterocycles. The van der Waals surface area contributed by atoms with Gasteiger partial charge in [-0.1, -0.05) is 19.1 Å². The lowest BCUT2D eigenvalue weighted by atomic mass is 10.1. The minimum atomic E-state index is -0.243. The maximum atomic E-state index is 13.3. The first-order valence-electron chi connectivity index (χ1n) is 10.7. The second-order valence-electron chi connectivity index (χ2n) is 8.21. The Morgan fingerprint density at radius 3 is 2.84 bits per heavy atom. The molecule has 0 bridgehead atoms. The maximum absolute atomic E-state index is 13.3. The number of rotatable bonds is 9. The summed E-state index contributed by atoms with van der Waals surface area (Å²) < 4.78 is 21.0. The number of aromatic nitrogens is 2. The van der Waals surface area contributed by atoms with E-state index in [9.17, 15) is 9.18 Å². The van der Waals surface area contributed by atoms with Crippen molar-refractivity contribution in [2.45, 2.75) is 38.1 Å². The van der Waals surface area contributed by atoms with Crippen LogP contribution in [0.25, 0.3) is 5.69 Å². The molecule has 4 nitrogen and oxygen atoms in total. The molecule has 6 heteroatoms. The number of aryl methyl sites for hydroxylation is 2. The van der Waals surface area contributed by atoms with Crippen molar-refractivity contribution in [2.24, 2.45) is 11.8 Å². The van der Waals surface area contributed by atoms with Gasteiger partial charge in [-0.05, 0) is 79.5 Å². The Labute approximate surface area is 186 Å². The minimum absolute atomic E-state index is 0.151. The molecule has 1 atom stereocenters. The van der Waals surface area contributed by atoms with E-state index in [0.717, 1.165) is 35.1 Å². The fourth-order valence-electron chi connectivity index (χ4n) is 3.62. The van der Waals surface area contributed by atoms with Gasteiger partial charge in [0.05, 0.1) is 6.61 Å². The van der Waals surface area contributed by atoms with Crippen molar-refractivity contribution in [3.8, 4) is 11.4 Å². The van der Waals surface area contributed by atoms with E-state index in [1.165, 1.54) is 36.7 Å². The van der Waals surface area contributed by atoms with Crippen molar-refractivity contribution in [1.29, 1.82) is 0 Å². The van der Waals surface area contributed by atoms with E-state index in [4.69, 9.17) is 4.74 Å². The molecule has 0 aliphatic heterocycles. The SMILES string of the molecule is Cc1cc(-n2ccnc(SCCc3cccc(F)c3)c2=O)ccc1OCC(C)C1CC1. The average Bonchev–Trinajstić information content (AvgIpc) is 3.59. The number of hydrogen-bond acceptors (Lipinski definition) is 4. The van der Waals surface area contributed by atoms with Crippen LogP contribution in [0.15, 0.2) is 64.7 Å². The molecular weight excluding hydrogens is 411 g/mol. The number of halogens is 1. The topological polar surface area (TPSA) is 44.1 Å². The highest BCUT2D eigenvalue weighted by atomic mass is 32.2. The van der Waals surface area contributed by atoms with Crippen LogP contribution in [-0.2, 0) is 6.42 Å². The first-order chi connectivity index (χ1) is 15.0. The van der Waals surface area contributed by atoms with Gasteiger partial charge in [0.2, 0.25) is 0 Å². The predicted octanol–water partition coefficient (Wildman–Crippen LogP) is 5.44. The van der Waals surface area contributed by atoms with Gasteiger partial charge in [0.15, 0.2) is 5.03 Å². The van der Waals surface area contributed by atoms with E-state index in [-0.39, 0.29) is 11.4 Å². The standard InChI is InChI=1S/C25H27FN2O2S/c1-17-14-22(8-9-23(17)30-16-18(2)20-6-7-20)28-12-11-27-24(25(28)29)31-13-10-19-4-3-5-21(26)15-19/h3-5,8-9,11-12,14-15,18,20H,6-7,10,13,16H2,1-2H3. The summed E-state index contributed by atoms with van der Waals surface area (Å²) in [5, 5.41) is 0.440. The molecule has 0 saturated heterocycles. The Bertz CT molecular complexity index is 1110. The minimum Gasteiger partial charge on any atom is -0.493 e. The number of hydrogen-bond donors (Lipinski definition) is 0. The van der Waals surface area contributed by atoms with E-state index < -0.39 is 0 Å². The Balaban J connectivity index is 1.43. The van der Waals surface area contributed by atoms with Crippen molar-refractivity contribution < 1.29 is 9.13 Å². The molecule has 1 aromatic heterocycles. The lowest BCUT2D eigenvalue weighted by molar-refractivity contribution is 0.243. The zero-order valence-corrected chi connectivity index (χ0v) is 18.7. The molecule has 4 rings (SSSR count). The molecule has 31 heavy (non-hydrogen) atoms. The lowest BCUT2D eigenvalue weighted by Crippen LogP contribution is -2.20. The molecule has 3 aromatic rings. The third-order valence-electron chi connectivity index (χ3n) is 5.69. The van der Waals surface area contributed by atoms with Gasteiger partial charge in [-0.2, -0.15) is 0 Å². The van der Waals surface area contributed by atoms with Crippen LogP contribution < -0.4 is 10.3 Å². The fourth-order valence-corrected chi connectivity index (χ4v) is 4.51. The number of ether oxygens (including phenoxy) is 1. The van der Waals surface area contributed by atoms with Gasteiger partial charge >= 0.3 is 0 Å². The molecule has 1 aliphatic carbocycles. The molecular formula is C25H27FN2O2S. The van der Waals surface area contributed by atoms with Gasteiger partial charge in [-0.15, -0.1) is 11.8 Å². The van der Waals surface area contributed by atoms with Crippen LogP contribution in [0.4, 0.5) is 4.39 Å². The largest absolute Gasteiger partial charge is 0.493 e. The lowest BCUT2D eigenvalue weighted by Gasteiger charge is -2.15. The van der Waals surface area contributed by atoms with Crippen LogP contribution in [-0.4, -0.2) is 21.9 Å². The van der Waals surface area contributed by atoms with Gasteiger partial charge in [-0.3, -0.25) is 9.36 Å². The van der Waals surface area contributed by atoms with Gasteiger partial charge in [0, 0.05) is 23.8 Å². The summed E-state index contributed by atoms with van der Waals surface area (Å²) >= 11 is 1.39. The summed E-state index contributed by atoms with van der Waals surface area (Å²) in [4.78, 5) is 17.2. The Morgan fingerprint density at radius 1 is 1.26 bits per heavy atom. The molecule has 1 unspecified atom stereocenters.